The molecular weight excluding hydrogens is 262 g/mol. The highest BCUT2D eigenvalue weighted by atomic mass is 16.6. The minimum Gasteiger partial charge on any atom is -0.443 e. The van der Waals surface area contributed by atoms with Gasteiger partial charge < -0.3 is 4.74 Å². The van der Waals surface area contributed by atoms with Gasteiger partial charge in [-0.1, -0.05) is 30.3 Å². The predicted octanol–water partition coefficient (Wildman–Crippen LogP) is 4.76. The zero-order valence-corrected chi connectivity index (χ0v) is 13.0. The van der Waals surface area contributed by atoms with Crippen molar-refractivity contribution in [1.29, 1.82) is 0 Å². The minimum atomic E-state index is -0.464. The number of amides is 1. The number of carbonyl (C=O) groups is 1. The summed E-state index contributed by atoms with van der Waals surface area (Å²) in [5, 5.41) is 0. The average Bonchev–Trinajstić information content (AvgIpc) is 3.13. The molecule has 1 amide bonds. The van der Waals surface area contributed by atoms with E-state index in [-0.39, 0.29) is 12.1 Å². The second kappa shape index (κ2) is 5.21. The fourth-order valence-corrected chi connectivity index (χ4v) is 2.88. The topological polar surface area (TPSA) is 29.5 Å². The van der Waals surface area contributed by atoms with Gasteiger partial charge in [0.2, 0.25) is 0 Å². The Kier molecular flexibility index (Phi) is 3.52. The molecule has 3 heteroatoms. The van der Waals surface area contributed by atoms with Crippen molar-refractivity contribution < 1.29 is 9.53 Å². The minimum absolute atomic E-state index is 0.0802. The Balaban J connectivity index is 1.84. The van der Waals surface area contributed by atoms with Crippen LogP contribution in [0.5, 0.6) is 0 Å². The fraction of sp³-hybridized carbons (Fsp3) is 0.500. The molecule has 21 heavy (non-hydrogen) atoms. The van der Waals surface area contributed by atoms with Gasteiger partial charge in [-0.15, -0.1) is 0 Å². The smallest absolute Gasteiger partial charge is 0.414 e. The molecule has 0 spiro atoms. The molecule has 0 N–H and O–H groups in total. The third kappa shape index (κ3) is 3.12. The van der Waals surface area contributed by atoms with Gasteiger partial charge in [-0.05, 0) is 57.1 Å². The van der Waals surface area contributed by atoms with Gasteiger partial charge in [-0.2, -0.15) is 0 Å². The standard InChI is InChI=1S/C18H23NO2/c1-18(2,3)21-17(20)19-12-6-9-16(19)15-8-5-4-7-14(15)13-10-11-13/h4-8,12-13,16H,9-11H2,1-3H3. The molecule has 1 heterocycles. The summed E-state index contributed by atoms with van der Waals surface area (Å²) in [4.78, 5) is 14.1. The second-order valence-electron chi connectivity index (χ2n) is 6.93. The summed E-state index contributed by atoms with van der Waals surface area (Å²) >= 11 is 0. The van der Waals surface area contributed by atoms with Crippen molar-refractivity contribution in [2.45, 2.75) is 57.6 Å². The van der Waals surface area contributed by atoms with Crippen LogP contribution in [0.2, 0.25) is 0 Å². The summed E-state index contributed by atoms with van der Waals surface area (Å²) in [6, 6.07) is 8.60. The Labute approximate surface area is 126 Å². The molecule has 1 aromatic rings. The highest BCUT2D eigenvalue weighted by Gasteiger charge is 2.34. The summed E-state index contributed by atoms with van der Waals surface area (Å²) in [6.07, 6.45) is 7.06. The van der Waals surface area contributed by atoms with Crippen LogP contribution in [-0.2, 0) is 4.74 Å². The number of nitrogens with zero attached hydrogens (tertiary/aromatic N) is 1. The third-order valence-corrected chi connectivity index (χ3v) is 3.94. The molecule has 1 atom stereocenters. The van der Waals surface area contributed by atoms with E-state index in [0.29, 0.717) is 5.92 Å². The van der Waals surface area contributed by atoms with E-state index in [2.05, 4.69) is 30.3 Å². The lowest BCUT2D eigenvalue weighted by Gasteiger charge is -2.29. The number of ether oxygens (including phenoxy) is 1. The highest BCUT2D eigenvalue weighted by molar-refractivity contribution is 5.71. The van der Waals surface area contributed by atoms with Crippen LogP contribution in [0.15, 0.2) is 36.5 Å². The molecule has 1 saturated carbocycles. The Hall–Kier alpha value is -1.77. The zero-order valence-electron chi connectivity index (χ0n) is 13.0. The second-order valence-corrected chi connectivity index (χ2v) is 6.93. The number of hydrogen-bond acceptors (Lipinski definition) is 2. The van der Waals surface area contributed by atoms with Crippen molar-refractivity contribution in [1.82, 2.24) is 4.90 Å². The van der Waals surface area contributed by atoms with Gasteiger partial charge in [0.15, 0.2) is 0 Å². The number of benzene rings is 1. The predicted molar refractivity (Wildman–Crippen MR) is 83.0 cm³/mol. The Morgan fingerprint density at radius 3 is 2.48 bits per heavy atom. The molecular formula is C18H23NO2. The highest BCUT2D eigenvalue weighted by Crippen LogP contribution is 2.45. The monoisotopic (exact) mass is 285 g/mol. The summed E-state index contributed by atoms with van der Waals surface area (Å²) in [6.45, 7) is 5.70. The maximum absolute atomic E-state index is 12.4. The van der Waals surface area contributed by atoms with E-state index in [9.17, 15) is 4.79 Å². The molecule has 112 valence electrons. The van der Waals surface area contributed by atoms with Crippen molar-refractivity contribution >= 4 is 6.09 Å². The molecule has 0 bridgehead atoms. The molecule has 0 aromatic heterocycles. The van der Waals surface area contributed by atoms with Crippen LogP contribution in [0.1, 0.15) is 63.1 Å². The van der Waals surface area contributed by atoms with E-state index < -0.39 is 5.60 Å². The molecule has 1 fully saturated rings. The van der Waals surface area contributed by atoms with Gasteiger partial charge in [-0.3, -0.25) is 4.90 Å². The Bertz CT molecular complexity index is 567. The summed E-state index contributed by atoms with van der Waals surface area (Å²) in [5.41, 5.74) is 2.21. The maximum Gasteiger partial charge on any atom is 0.414 e. The van der Waals surface area contributed by atoms with E-state index in [1.54, 1.807) is 4.90 Å². The van der Waals surface area contributed by atoms with Crippen LogP contribution in [0.4, 0.5) is 4.79 Å². The molecule has 0 radical (unpaired) electrons. The largest absolute Gasteiger partial charge is 0.443 e. The van der Waals surface area contributed by atoms with E-state index >= 15 is 0 Å². The van der Waals surface area contributed by atoms with Crippen molar-refractivity contribution in [3.05, 3.63) is 47.7 Å². The van der Waals surface area contributed by atoms with Crippen LogP contribution in [0, 0.1) is 0 Å². The normalized spacial score (nSPS) is 21.7. The van der Waals surface area contributed by atoms with Gasteiger partial charge in [0, 0.05) is 6.20 Å². The van der Waals surface area contributed by atoms with E-state index in [0.717, 1.165) is 6.42 Å². The number of hydrogen-bond donors (Lipinski definition) is 0. The number of rotatable bonds is 2. The van der Waals surface area contributed by atoms with Gasteiger partial charge in [-0.25, -0.2) is 4.79 Å². The van der Waals surface area contributed by atoms with Crippen LogP contribution in [-0.4, -0.2) is 16.6 Å². The Morgan fingerprint density at radius 1 is 1.19 bits per heavy atom. The van der Waals surface area contributed by atoms with Crippen LogP contribution in [0.3, 0.4) is 0 Å². The summed E-state index contributed by atoms with van der Waals surface area (Å²) < 4.78 is 5.53. The molecule has 0 saturated heterocycles. The maximum atomic E-state index is 12.4. The first-order valence-electron chi connectivity index (χ1n) is 7.72. The van der Waals surface area contributed by atoms with E-state index in [1.165, 1.54) is 24.0 Å². The lowest BCUT2D eigenvalue weighted by Crippen LogP contribution is -2.34. The molecule has 1 aliphatic carbocycles. The summed E-state index contributed by atoms with van der Waals surface area (Å²) in [7, 11) is 0. The van der Waals surface area contributed by atoms with Gasteiger partial charge in [0.1, 0.15) is 5.60 Å². The lowest BCUT2D eigenvalue weighted by molar-refractivity contribution is 0.0286. The number of carbonyl (C=O) groups excluding carboxylic acids is 1. The van der Waals surface area contributed by atoms with Crippen molar-refractivity contribution in [3.8, 4) is 0 Å². The molecule has 3 nitrogen and oxygen atoms in total. The Morgan fingerprint density at radius 2 is 1.86 bits per heavy atom. The van der Waals surface area contributed by atoms with Crippen LogP contribution < -0.4 is 0 Å². The van der Waals surface area contributed by atoms with Gasteiger partial charge in [0.05, 0.1) is 6.04 Å². The molecule has 3 rings (SSSR count). The quantitative estimate of drug-likeness (QED) is 0.784. The molecule has 1 unspecified atom stereocenters. The fourth-order valence-electron chi connectivity index (χ4n) is 2.88. The van der Waals surface area contributed by atoms with Gasteiger partial charge in [0.25, 0.3) is 0 Å². The van der Waals surface area contributed by atoms with E-state index in [1.807, 2.05) is 27.0 Å². The molecule has 1 aliphatic heterocycles. The first-order chi connectivity index (χ1) is 9.96. The van der Waals surface area contributed by atoms with Crippen molar-refractivity contribution in [2.24, 2.45) is 0 Å². The van der Waals surface area contributed by atoms with Crippen molar-refractivity contribution in [3.63, 3.8) is 0 Å². The summed E-state index contributed by atoms with van der Waals surface area (Å²) in [5.74, 6) is 0.683. The van der Waals surface area contributed by atoms with Crippen LogP contribution >= 0.6 is 0 Å². The van der Waals surface area contributed by atoms with Gasteiger partial charge >= 0.3 is 6.09 Å². The third-order valence-electron chi connectivity index (χ3n) is 3.94. The SMILES string of the molecule is CC(C)(C)OC(=O)N1C=CCC1c1ccccc1C1CC1. The van der Waals surface area contributed by atoms with Crippen LogP contribution in [0.25, 0.3) is 0 Å². The van der Waals surface area contributed by atoms with E-state index in [4.69, 9.17) is 4.74 Å². The molecule has 2 aliphatic rings. The molecule has 1 aromatic carbocycles. The first kappa shape index (κ1) is 14.2. The lowest BCUT2D eigenvalue weighted by atomic mass is 9.95. The first-order valence-corrected chi connectivity index (χ1v) is 7.72. The van der Waals surface area contributed by atoms with Crippen molar-refractivity contribution in [2.75, 3.05) is 0 Å². The average molecular weight is 285 g/mol. The zero-order chi connectivity index (χ0) is 15.0.